The second kappa shape index (κ2) is 4.36. The number of rotatable bonds is 3. The van der Waals surface area contributed by atoms with Crippen molar-refractivity contribution in [3.8, 4) is 0 Å². The predicted octanol–water partition coefficient (Wildman–Crippen LogP) is 2.00. The third-order valence-corrected chi connectivity index (χ3v) is 5.03. The first-order chi connectivity index (χ1) is 7.80. The number of hydrogen-bond donors (Lipinski definition) is 1. The average molecular weight is 256 g/mol. The number of hydrogen-bond acceptors (Lipinski definition) is 4. The van der Waals surface area contributed by atoms with Gasteiger partial charge in [-0.2, -0.15) is 0 Å². The van der Waals surface area contributed by atoms with Crippen molar-refractivity contribution in [2.75, 3.05) is 20.4 Å². The number of allylic oxidation sites excluding steroid dienone is 2. The van der Waals surface area contributed by atoms with Crippen LogP contribution in [0.3, 0.4) is 0 Å². The van der Waals surface area contributed by atoms with Crippen LogP contribution >= 0.6 is 7.14 Å². The minimum Gasteiger partial charge on any atom is -0.785 e. The highest BCUT2D eigenvalue weighted by Crippen LogP contribution is 2.52. The normalized spacial score (nSPS) is 30.2. The molecule has 96 valence electrons. The van der Waals surface area contributed by atoms with E-state index in [1.165, 1.54) is 7.05 Å². The molecular formula is C12H19NO3P-. The van der Waals surface area contributed by atoms with Gasteiger partial charge in [-0.15, -0.1) is 0 Å². The second-order valence-corrected chi connectivity index (χ2v) is 8.56. The van der Waals surface area contributed by atoms with Gasteiger partial charge in [-0.3, -0.25) is 0 Å². The van der Waals surface area contributed by atoms with E-state index in [0.29, 0.717) is 11.2 Å². The topological polar surface area (TPSA) is 63.6 Å². The largest absolute Gasteiger partial charge is 0.785 e. The Labute approximate surface area is 102 Å². The molecule has 2 rings (SSSR count). The standard InChI is InChI=1S/C12H19NO3P/c1-13(15)10-6-9(8-4-5-8)7-11(12(10)14)17(2,3)16/h6-8,10,12,14H,4-5H2,1-3H3/q-1. The monoisotopic (exact) mass is 256 g/mol. The van der Waals surface area contributed by atoms with Crippen LogP contribution in [0.15, 0.2) is 23.0 Å². The Balaban J connectivity index is 2.37. The Morgan fingerprint density at radius 3 is 2.47 bits per heavy atom. The maximum atomic E-state index is 12.2. The smallest absolute Gasteiger partial charge is 0.108 e. The molecule has 0 heterocycles. The van der Waals surface area contributed by atoms with Crippen molar-refractivity contribution in [1.82, 2.24) is 5.06 Å². The summed E-state index contributed by atoms with van der Waals surface area (Å²) in [6, 6.07) is -0.598. The summed E-state index contributed by atoms with van der Waals surface area (Å²) in [6.07, 6.45) is 4.98. The van der Waals surface area contributed by atoms with Gasteiger partial charge in [-0.1, -0.05) is 6.08 Å². The number of hydroxylamine groups is 2. The highest BCUT2D eigenvalue weighted by molar-refractivity contribution is 7.66. The van der Waals surface area contributed by atoms with Crippen molar-refractivity contribution in [2.24, 2.45) is 5.92 Å². The van der Waals surface area contributed by atoms with Gasteiger partial charge in [0.2, 0.25) is 0 Å². The van der Waals surface area contributed by atoms with Gasteiger partial charge in [0.25, 0.3) is 0 Å². The van der Waals surface area contributed by atoms with E-state index in [4.69, 9.17) is 0 Å². The molecule has 1 N–H and O–H groups in total. The molecule has 2 aliphatic rings. The third kappa shape index (κ3) is 2.71. The maximum absolute atomic E-state index is 12.2. The first kappa shape index (κ1) is 13.0. The van der Waals surface area contributed by atoms with E-state index in [-0.39, 0.29) is 0 Å². The van der Waals surface area contributed by atoms with Crippen LogP contribution in [0.4, 0.5) is 0 Å². The van der Waals surface area contributed by atoms with E-state index < -0.39 is 19.3 Å². The van der Waals surface area contributed by atoms with Gasteiger partial charge in [-0.25, -0.2) is 0 Å². The highest BCUT2D eigenvalue weighted by atomic mass is 31.2. The van der Waals surface area contributed by atoms with Crippen LogP contribution in [0.25, 0.3) is 0 Å². The summed E-state index contributed by atoms with van der Waals surface area (Å²) in [7, 11) is -1.12. The molecule has 0 aromatic rings. The van der Waals surface area contributed by atoms with Crippen LogP contribution in [-0.2, 0) is 4.57 Å². The number of aliphatic hydroxyl groups is 1. The van der Waals surface area contributed by atoms with Crippen molar-refractivity contribution in [1.29, 1.82) is 0 Å². The molecule has 2 atom stereocenters. The molecule has 0 aromatic carbocycles. The van der Waals surface area contributed by atoms with E-state index in [1.54, 1.807) is 13.3 Å². The van der Waals surface area contributed by atoms with Crippen molar-refractivity contribution >= 4 is 7.14 Å². The van der Waals surface area contributed by atoms with E-state index in [1.807, 2.05) is 12.2 Å². The molecule has 5 heteroatoms. The van der Waals surface area contributed by atoms with Gasteiger partial charge < -0.3 is 19.9 Å². The lowest BCUT2D eigenvalue weighted by Gasteiger charge is -2.39. The number of likely N-dealkylation sites (N-methyl/N-ethyl adjacent to an activating group) is 1. The Morgan fingerprint density at radius 2 is 2.06 bits per heavy atom. The molecule has 1 saturated carbocycles. The van der Waals surface area contributed by atoms with Crippen molar-refractivity contribution in [2.45, 2.75) is 25.0 Å². The molecule has 0 aromatic heterocycles. The van der Waals surface area contributed by atoms with Crippen LogP contribution < -0.4 is 0 Å². The van der Waals surface area contributed by atoms with Crippen LogP contribution in [0.5, 0.6) is 0 Å². The van der Waals surface area contributed by atoms with Gasteiger partial charge >= 0.3 is 0 Å². The summed E-state index contributed by atoms with van der Waals surface area (Å²) in [5, 5.41) is 22.9. The molecule has 0 saturated heterocycles. The quantitative estimate of drug-likeness (QED) is 0.619. The molecule has 0 radical (unpaired) electrons. The fourth-order valence-electron chi connectivity index (χ4n) is 2.22. The van der Waals surface area contributed by atoms with Crippen LogP contribution in [0.2, 0.25) is 0 Å². The van der Waals surface area contributed by atoms with Crippen LogP contribution in [-0.4, -0.2) is 42.7 Å². The first-order valence-corrected chi connectivity index (χ1v) is 8.47. The summed E-state index contributed by atoms with van der Waals surface area (Å²) in [4.78, 5) is 0. The molecular weight excluding hydrogens is 237 g/mol. The summed E-state index contributed by atoms with van der Waals surface area (Å²) in [6.45, 7) is 3.28. The average Bonchev–Trinajstić information content (AvgIpc) is 2.99. The summed E-state index contributed by atoms with van der Waals surface area (Å²) in [5.74, 6) is 0.492. The molecule has 2 aliphatic carbocycles. The van der Waals surface area contributed by atoms with E-state index in [2.05, 4.69) is 0 Å². The third-order valence-electron chi connectivity index (χ3n) is 3.39. The summed E-state index contributed by atoms with van der Waals surface area (Å²) in [5.41, 5.74) is 1.07. The molecule has 1 fully saturated rings. The van der Waals surface area contributed by atoms with Crippen molar-refractivity contribution in [3.05, 3.63) is 28.2 Å². The van der Waals surface area contributed by atoms with Gasteiger partial charge in [-0.05, 0) is 50.8 Å². The second-order valence-electron chi connectivity index (χ2n) is 5.34. The summed E-state index contributed by atoms with van der Waals surface area (Å²) < 4.78 is 12.2. The van der Waals surface area contributed by atoms with E-state index in [0.717, 1.165) is 23.5 Å². The zero-order valence-corrected chi connectivity index (χ0v) is 11.4. The fourth-order valence-corrected chi connectivity index (χ4v) is 3.47. The van der Waals surface area contributed by atoms with E-state index >= 15 is 0 Å². The van der Waals surface area contributed by atoms with Crippen LogP contribution in [0, 0.1) is 11.1 Å². The molecule has 17 heavy (non-hydrogen) atoms. The lowest BCUT2D eigenvalue weighted by molar-refractivity contribution is 0.142. The van der Waals surface area contributed by atoms with Gasteiger partial charge in [0, 0.05) is 11.4 Å². The molecule has 2 unspecified atom stereocenters. The van der Waals surface area contributed by atoms with Gasteiger partial charge in [0.1, 0.15) is 13.2 Å². The minimum atomic E-state index is -2.52. The maximum Gasteiger partial charge on any atom is 0.108 e. The molecule has 0 spiro atoms. The zero-order valence-electron chi connectivity index (χ0n) is 10.5. The minimum absolute atomic E-state index is 0.492. The van der Waals surface area contributed by atoms with E-state index in [9.17, 15) is 14.9 Å². The summed E-state index contributed by atoms with van der Waals surface area (Å²) >= 11 is 0. The van der Waals surface area contributed by atoms with Gasteiger partial charge in [0.15, 0.2) is 0 Å². The molecule has 0 bridgehead atoms. The number of aliphatic hydroxyl groups excluding tert-OH is 1. The zero-order chi connectivity index (χ0) is 12.8. The van der Waals surface area contributed by atoms with Crippen LogP contribution in [0.1, 0.15) is 12.8 Å². The lowest BCUT2D eigenvalue weighted by Crippen LogP contribution is -2.39. The molecule has 0 amide bonds. The van der Waals surface area contributed by atoms with Crippen molar-refractivity contribution in [3.63, 3.8) is 0 Å². The predicted molar refractivity (Wildman–Crippen MR) is 69.3 cm³/mol. The van der Waals surface area contributed by atoms with Crippen molar-refractivity contribution < 1.29 is 9.67 Å². The first-order valence-electron chi connectivity index (χ1n) is 5.87. The highest BCUT2D eigenvalue weighted by Gasteiger charge is 2.35. The fraction of sp³-hybridized carbons (Fsp3) is 0.667. The Kier molecular flexibility index (Phi) is 3.34. The Morgan fingerprint density at radius 1 is 1.47 bits per heavy atom. The molecule has 0 aliphatic heterocycles. The van der Waals surface area contributed by atoms with Gasteiger partial charge in [0.05, 0.1) is 0 Å². The Hall–Kier alpha value is -0.410. The Bertz CT molecular complexity index is 417. The SMILES string of the molecule is CN([O-])C1C=C(C2CC2)C=C(P(C)(C)=O)C1O. The number of nitrogens with zero attached hydrogens (tertiary/aromatic N) is 1. The molecule has 4 nitrogen and oxygen atoms in total. The lowest BCUT2D eigenvalue weighted by atomic mass is 9.97.